The molecule has 1 aromatic heterocycles. The van der Waals surface area contributed by atoms with E-state index in [0.717, 1.165) is 17.0 Å². The maximum atomic E-state index is 12.6. The van der Waals surface area contributed by atoms with Crippen LogP contribution in [0, 0.1) is 0 Å². The molecule has 9 nitrogen and oxygen atoms in total. The number of hydrazone groups is 1. The van der Waals surface area contributed by atoms with Crippen molar-refractivity contribution in [3.8, 4) is 34.3 Å². The van der Waals surface area contributed by atoms with Crippen molar-refractivity contribution in [3.05, 3.63) is 77.9 Å². The summed E-state index contributed by atoms with van der Waals surface area (Å²) in [6.45, 7) is 8.78. The van der Waals surface area contributed by atoms with Gasteiger partial charge in [0.25, 0.3) is 5.91 Å². The van der Waals surface area contributed by atoms with Crippen molar-refractivity contribution in [1.29, 1.82) is 0 Å². The highest BCUT2D eigenvalue weighted by Gasteiger charge is 2.19. The second kappa shape index (κ2) is 12.7. The molecule has 1 heterocycles. The van der Waals surface area contributed by atoms with Gasteiger partial charge in [0.05, 0.1) is 25.7 Å². The van der Waals surface area contributed by atoms with E-state index in [1.165, 1.54) is 29.6 Å². The lowest BCUT2D eigenvalue weighted by Gasteiger charge is -2.19. The van der Waals surface area contributed by atoms with Gasteiger partial charge in [0.2, 0.25) is 0 Å². The number of aromatic nitrogens is 3. The molecule has 40 heavy (non-hydrogen) atoms. The zero-order chi connectivity index (χ0) is 28.7. The SMILES string of the molecule is CCOc1cc(/C=N/NC(=O)CSc2nnc(-c3ccc(C(C)(C)C)cc3)n2-c2ccc(OC)cc2)ccc1O. The summed E-state index contributed by atoms with van der Waals surface area (Å²) in [6, 6.07) is 20.7. The number of benzene rings is 3. The smallest absolute Gasteiger partial charge is 0.250 e. The van der Waals surface area contributed by atoms with Gasteiger partial charge in [-0.3, -0.25) is 9.36 Å². The molecule has 0 aliphatic heterocycles. The van der Waals surface area contributed by atoms with Gasteiger partial charge in [-0.25, -0.2) is 5.43 Å². The second-order valence-corrected chi connectivity index (χ2v) is 10.9. The molecular weight excluding hydrogens is 526 g/mol. The van der Waals surface area contributed by atoms with Crippen LogP contribution in [0.5, 0.6) is 17.2 Å². The first-order chi connectivity index (χ1) is 19.2. The first kappa shape index (κ1) is 28.7. The molecule has 0 atom stereocenters. The molecular formula is C30H33N5O4S. The Bertz CT molecular complexity index is 1480. The summed E-state index contributed by atoms with van der Waals surface area (Å²) >= 11 is 1.26. The Morgan fingerprint density at radius 3 is 2.45 bits per heavy atom. The lowest BCUT2D eigenvalue weighted by atomic mass is 9.87. The van der Waals surface area contributed by atoms with E-state index in [2.05, 4.69) is 53.6 Å². The van der Waals surface area contributed by atoms with E-state index in [-0.39, 0.29) is 22.8 Å². The third-order valence-corrected chi connectivity index (χ3v) is 6.92. The fourth-order valence-corrected chi connectivity index (χ4v) is 4.60. The number of ether oxygens (including phenoxy) is 2. The van der Waals surface area contributed by atoms with Crippen molar-refractivity contribution in [3.63, 3.8) is 0 Å². The molecule has 0 unspecified atom stereocenters. The topological polar surface area (TPSA) is 111 Å². The van der Waals surface area contributed by atoms with Gasteiger partial charge in [-0.2, -0.15) is 5.10 Å². The van der Waals surface area contributed by atoms with Gasteiger partial charge < -0.3 is 14.6 Å². The summed E-state index contributed by atoms with van der Waals surface area (Å²) in [7, 11) is 1.62. The number of nitrogens with one attached hydrogen (secondary N) is 1. The molecule has 208 valence electrons. The van der Waals surface area contributed by atoms with Crippen molar-refractivity contribution in [1.82, 2.24) is 20.2 Å². The number of nitrogens with zero attached hydrogens (tertiary/aromatic N) is 4. The van der Waals surface area contributed by atoms with Gasteiger partial charge in [0, 0.05) is 11.3 Å². The molecule has 0 saturated carbocycles. The number of amides is 1. The predicted molar refractivity (Wildman–Crippen MR) is 158 cm³/mol. The van der Waals surface area contributed by atoms with Crippen LogP contribution in [-0.2, 0) is 10.2 Å². The van der Waals surface area contributed by atoms with Crippen LogP contribution < -0.4 is 14.9 Å². The molecule has 3 aromatic carbocycles. The van der Waals surface area contributed by atoms with Crippen LogP contribution in [0.25, 0.3) is 17.1 Å². The molecule has 4 aromatic rings. The summed E-state index contributed by atoms with van der Waals surface area (Å²) < 4.78 is 12.6. The van der Waals surface area contributed by atoms with E-state index in [9.17, 15) is 9.90 Å². The van der Waals surface area contributed by atoms with Crippen molar-refractivity contribution in [2.75, 3.05) is 19.5 Å². The number of methoxy groups -OCH3 is 1. The first-order valence-electron chi connectivity index (χ1n) is 12.8. The van der Waals surface area contributed by atoms with Gasteiger partial charge in [-0.1, -0.05) is 56.8 Å². The summed E-state index contributed by atoms with van der Waals surface area (Å²) in [6.07, 6.45) is 1.49. The van der Waals surface area contributed by atoms with Crippen LogP contribution in [0.4, 0.5) is 0 Å². The Kier molecular flexibility index (Phi) is 9.11. The van der Waals surface area contributed by atoms with Crippen molar-refractivity contribution in [2.24, 2.45) is 5.10 Å². The molecule has 0 radical (unpaired) electrons. The fourth-order valence-electron chi connectivity index (χ4n) is 3.86. The molecule has 2 N–H and O–H groups in total. The quantitative estimate of drug-likeness (QED) is 0.148. The number of phenols is 1. The Morgan fingerprint density at radius 2 is 1.80 bits per heavy atom. The van der Waals surface area contributed by atoms with Crippen molar-refractivity contribution < 1.29 is 19.4 Å². The van der Waals surface area contributed by atoms with E-state index in [1.54, 1.807) is 19.2 Å². The highest BCUT2D eigenvalue weighted by Crippen LogP contribution is 2.31. The number of rotatable bonds is 10. The maximum Gasteiger partial charge on any atom is 0.250 e. The number of phenolic OH excluding ortho intramolecular Hbond substituents is 1. The molecule has 1 amide bonds. The average molecular weight is 560 g/mol. The molecule has 0 aliphatic carbocycles. The number of hydrogen-bond donors (Lipinski definition) is 2. The van der Waals surface area contributed by atoms with E-state index < -0.39 is 0 Å². The minimum Gasteiger partial charge on any atom is -0.504 e. The lowest BCUT2D eigenvalue weighted by Crippen LogP contribution is -2.20. The monoisotopic (exact) mass is 559 g/mol. The predicted octanol–water partition coefficient (Wildman–Crippen LogP) is 5.59. The summed E-state index contributed by atoms with van der Waals surface area (Å²) in [5.74, 6) is 1.59. The van der Waals surface area contributed by atoms with Crippen LogP contribution in [0.15, 0.2) is 77.0 Å². The normalized spacial score (nSPS) is 11.5. The van der Waals surface area contributed by atoms with E-state index >= 15 is 0 Å². The molecule has 0 fully saturated rings. The summed E-state index contributed by atoms with van der Waals surface area (Å²) in [5.41, 5.74) is 6.23. The molecule has 0 saturated heterocycles. The Balaban J connectivity index is 1.51. The minimum atomic E-state index is -0.301. The van der Waals surface area contributed by atoms with E-state index in [1.807, 2.05) is 47.9 Å². The number of thioether (sulfide) groups is 1. The molecule has 4 rings (SSSR count). The van der Waals surface area contributed by atoms with Gasteiger partial charge in [0.1, 0.15) is 5.75 Å². The van der Waals surface area contributed by atoms with Gasteiger partial charge in [-0.05, 0) is 65.9 Å². The lowest BCUT2D eigenvalue weighted by molar-refractivity contribution is -0.118. The van der Waals surface area contributed by atoms with Gasteiger partial charge >= 0.3 is 0 Å². The van der Waals surface area contributed by atoms with Gasteiger partial charge in [-0.15, -0.1) is 10.2 Å². The molecule has 0 spiro atoms. The molecule has 10 heteroatoms. The standard InChI is InChI=1S/C30H33N5O4S/c1-6-39-26-17-20(7-16-25(26)36)18-31-32-27(37)19-40-29-34-33-28(21-8-10-22(11-9-21)30(2,3)4)35(29)23-12-14-24(38-5)15-13-23/h7-18,36H,6,19H2,1-5H3,(H,32,37)/b31-18+. The van der Waals surface area contributed by atoms with Crippen molar-refractivity contribution in [2.45, 2.75) is 38.3 Å². The highest BCUT2D eigenvalue weighted by molar-refractivity contribution is 7.99. The van der Waals surface area contributed by atoms with Crippen molar-refractivity contribution >= 4 is 23.9 Å². The fraction of sp³-hybridized carbons (Fsp3) is 0.267. The number of carbonyl (C=O) groups excluding carboxylic acids is 1. The van der Waals surface area contributed by atoms with E-state index in [0.29, 0.717) is 28.9 Å². The van der Waals surface area contributed by atoms with Crippen LogP contribution in [0.2, 0.25) is 0 Å². The third-order valence-electron chi connectivity index (χ3n) is 5.99. The summed E-state index contributed by atoms with van der Waals surface area (Å²) in [4.78, 5) is 12.6. The average Bonchev–Trinajstić information content (AvgIpc) is 3.37. The third kappa shape index (κ3) is 7.01. The Hall–Kier alpha value is -4.31. The Labute approximate surface area is 238 Å². The maximum absolute atomic E-state index is 12.6. The van der Waals surface area contributed by atoms with Crippen LogP contribution in [-0.4, -0.2) is 51.5 Å². The van der Waals surface area contributed by atoms with Gasteiger partial charge in [0.15, 0.2) is 22.5 Å². The van der Waals surface area contributed by atoms with Crippen LogP contribution in [0.3, 0.4) is 0 Å². The summed E-state index contributed by atoms with van der Waals surface area (Å²) in [5, 5.41) is 23.3. The van der Waals surface area contributed by atoms with E-state index in [4.69, 9.17) is 9.47 Å². The zero-order valence-electron chi connectivity index (χ0n) is 23.2. The number of hydrogen-bond acceptors (Lipinski definition) is 8. The number of aromatic hydroxyl groups is 1. The Morgan fingerprint density at radius 1 is 1.07 bits per heavy atom. The highest BCUT2D eigenvalue weighted by atomic mass is 32.2. The molecule has 0 aliphatic rings. The van der Waals surface area contributed by atoms with Crippen LogP contribution in [0.1, 0.15) is 38.8 Å². The largest absolute Gasteiger partial charge is 0.504 e. The first-order valence-corrected chi connectivity index (χ1v) is 13.8. The molecule has 0 bridgehead atoms. The van der Waals surface area contributed by atoms with Crippen LogP contribution >= 0.6 is 11.8 Å². The zero-order valence-corrected chi connectivity index (χ0v) is 24.0. The number of carbonyl (C=O) groups is 1. The second-order valence-electron chi connectivity index (χ2n) is 9.91. The minimum absolute atomic E-state index is 0.0346.